The van der Waals surface area contributed by atoms with Crippen molar-refractivity contribution in [3.8, 4) is 11.5 Å². The van der Waals surface area contributed by atoms with Crippen LogP contribution in [0.15, 0.2) is 24.3 Å². The van der Waals surface area contributed by atoms with Crippen LogP contribution in [0, 0.1) is 0 Å². The van der Waals surface area contributed by atoms with Crippen LogP contribution in [0.25, 0.3) is 0 Å². The summed E-state index contributed by atoms with van der Waals surface area (Å²) in [6.07, 6.45) is 0. The summed E-state index contributed by atoms with van der Waals surface area (Å²) >= 11 is 17.8. The molecule has 0 aliphatic carbocycles. The number of ether oxygens (including phenoxy) is 2. The molecular formula is C13H11Cl3N2O2. The first kappa shape index (κ1) is 15.0. The van der Waals surface area contributed by atoms with Crippen molar-refractivity contribution in [2.45, 2.75) is 0 Å². The summed E-state index contributed by atoms with van der Waals surface area (Å²) in [5.74, 6) is 1.63. The Morgan fingerprint density at radius 3 is 2.30 bits per heavy atom. The van der Waals surface area contributed by atoms with Crippen LogP contribution in [-0.4, -0.2) is 19.2 Å². The van der Waals surface area contributed by atoms with Crippen molar-refractivity contribution in [1.29, 1.82) is 0 Å². The summed E-state index contributed by atoms with van der Waals surface area (Å²) < 4.78 is 10.4. The van der Waals surface area contributed by atoms with Gasteiger partial charge in [0.05, 0.1) is 24.3 Å². The van der Waals surface area contributed by atoms with E-state index in [4.69, 9.17) is 44.3 Å². The van der Waals surface area contributed by atoms with E-state index < -0.39 is 0 Å². The summed E-state index contributed by atoms with van der Waals surface area (Å²) in [4.78, 5) is 4.08. The number of aromatic nitrogens is 1. The maximum Gasteiger partial charge on any atom is 0.162 e. The molecule has 0 aliphatic heterocycles. The number of hydrogen-bond donors (Lipinski definition) is 1. The summed E-state index contributed by atoms with van der Waals surface area (Å²) in [5, 5.41) is 3.89. The van der Waals surface area contributed by atoms with E-state index in [0.717, 1.165) is 5.69 Å². The van der Waals surface area contributed by atoms with Gasteiger partial charge in [-0.05, 0) is 18.2 Å². The lowest BCUT2D eigenvalue weighted by Gasteiger charge is -2.12. The second-order valence-electron chi connectivity index (χ2n) is 3.79. The SMILES string of the molecule is COc1ccc(Nc2nc(Cl)c(Cl)cc2Cl)cc1OC. The quantitative estimate of drug-likeness (QED) is 0.816. The Kier molecular flexibility index (Phi) is 4.81. The fraction of sp³-hybridized carbons (Fsp3) is 0.154. The maximum absolute atomic E-state index is 6.06. The lowest BCUT2D eigenvalue weighted by molar-refractivity contribution is 0.355. The van der Waals surface area contributed by atoms with Crippen molar-refractivity contribution in [2.75, 3.05) is 19.5 Å². The van der Waals surface area contributed by atoms with Gasteiger partial charge in [-0.15, -0.1) is 0 Å². The normalized spacial score (nSPS) is 10.2. The summed E-state index contributed by atoms with van der Waals surface area (Å²) in [5.41, 5.74) is 0.732. The van der Waals surface area contributed by atoms with Gasteiger partial charge < -0.3 is 14.8 Å². The molecule has 0 atom stereocenters. The minimum absolute atomic E-state index is 0.180. The summed E-state index contributed by atoms with van der Waals surface area (Å²) in [6.45, 7) is 0. The molecule has 0 saturated carbocycles. The second-order valence-corrected chi connectivity index (χ2v) is 4.96. The van der Waals surface area contributed by atoms with Crippen molar-refractivity contribution in [2.24, 2.45) is 0 Å². The van der Waals surface area contributed by atoms with E-state index in [-0.39, 0.29) is 5.15 Å². The highest BCUT2D eigenvalue weighted by molar-refractivity contribution is 6.43. The molecule has 1 N–H and O–H groups in total. The standard InChI is InChI=1S/C13H11Cl3N2O2/c1-19-10-4-3-7(5-11(10)20-2)17-13-9(15)6-8(14)12(16)18-13/h3-6H,1-2H3,(H,17,18). The smallest absolute Gasteiger partial charge is 0.162 e. The molecule has 0 fully saturated rings. The molecule has 2 rings (SSSR count). The van der Waals surface area contributed by atoms with Gasteiger partial charge in [-0.2, -0.15) is 0 Å². The molecule has 1 aromatic heterocycles. The number of anilines is 2. The molecule has 1 heterocycles. The minimum Gasteiger partial charge on any atom is -0.493 e. The van der Waals surface area contributed by atoms with Crippen LogP contribution < -0.4 is 14.8 Å². The molecule has 4 nitrogen and oxygen atoms in total. The predicted octanol–water partition coefficient (Wildman–Crippen LogP) is 4.80. The first-order valence-corrected chi connectivity index (χ1v) is 6.69. The summed E-state index contributed by atoms with van der Waals surface area (Å²) in [7, 11) is 3.13. The number of nitrogens with zero attached hydrogens (tertiary/aromatic N) is 1. The number of rotatable bonds is 4. The Bertz CT molecular complexity index is 635. The van der Waals surface area contributed by atoms with Gasteiger partial charge in [0.1, 0.15) is 5.15 Å². The Balaban J connectivity index is 2.33. The Hall–Kier alpha value is -1.36. The number of halogens is 3. The molecule has 7 heteroatoms. The Morgan fingerprint density at radius 2 is 1.65 bits per heavy atom. The molecule has 1 aromatic carbocycles. The van der Waals surface area contributed by atoms with Gasteiger partial charge in [0.15, 0.2) is 17.3 Å². The van der Waals surface area contributed by atoms with E-state index in [1.54, 1.807) is 26.4 Å². The second kappa shape index (κ2) is 6.39. The largest absolute Gasteiger partial charge is 0.493 e. The molecule has 0 amide bonds. The third kappa shape index (κ3) is 3.20. The number of benzene rings is 1. The molecule has 0 radical (unpaired) electrons. The first-order chi connectivity index (χ1) is 9.55. The molecule has 0 bridgehead atoms. The van der Waals surface area contributed by atoms with Crippen LogP contribution in [0.4, 0.5) is 11.5 Å². The van der Waals surface area contributed by atoms with Crippen LogP contribution in [0.5, 0.6) is 11.5 Å². The average Bonchev–Trinajstić information content (AvgIpc) is 2.44. The highest BCUT2D eigenvalue weighted by atomic mass is 35.5. The van der Waals surface area contributed by atoms with Crippen LogP contribution in [0.2, 0.25) is 15.2 Å². The summed E-state index contributed by atoms with van der Waals surface area (Å²) in [6, 6.07) is 6.87. The van der Waals surface area contributed by atoms with Crippen LogP contribution in [-0.2, 0) is 0 Å². The van der Waals surface area contributed by atoms with Gasteiger partial charge in [0.25, 0.3) is 0 Å². The molecule has 0 saturated heterocycles. The van der Waals surface area contributed by atoms with Gasteiger partial charge >= 0.3 is 0 Å². The third-order valence-corrected chi connectivity index (χ3v) is 3.49. The lowest BCUT2D eigenvalue weighted by atomic mass is 10.2. The fourth-order valence-electron chi connectivity index (χ4n) is 1.58. The monoisotopic (exact) mass is 332 g/mol. The molecule has 0 unspecified atom stereocenters. The molecule has 20 heavy (non-hydrogen) atoms. The zero-order valence-corrected chi connectivity index (χ0v) is 13.0. The number of hydrogen-bond acceptors (Lipinski definition) is 4. The lowest BCUT2D eigenvalue weighted by Crippen LogP contribution is -1.97. The van der Waals surface area contributed by atoms with E-state index in [1.165, 1.54) is 6.07 Å². The molecule has 0 spiro atoms. The Labute approximate surface area is 131 Å². The predicted molar refractivity (Wildman–Crippen MR) is 82.1 cm³/mol. The van der Waals surface area contributed by atoms with Crippen molar-refractivity contribution in [3.63, 3.8) is 0 Å². The van der Waals surface area contributed by atoms with Crippen molar-refractivity contribution in [3.05, 3.63) is 39.5 Å². The zero-order valence-electron chi connectivity index (χ0n) is 10.7. The first-order valence-electron chi connectivity index (χ1n) is 5.55. The number of methoxy groups -OCH3 is 2. The molecule has 0 aliphatic rings. The molecular weight excluding hydrogens is 323 g/mol. The zero-order chi connectivity index (χ0) is 14.7. The third-order valence-electron chi connectivity index (χ3n) is 2.53. The van der Waals surface area contributed by atoms with E-state index in [0.29, 0.717) is 27.4 Å². The van der Waals surface area contributed by atoms with Crippen LogP contribution >= 0.6 is 34.8 Å². The van der Waals surface area contributed by atoms with Crippen LogP contribution in [0.1, 0.15) is 0 Å². The van der Waals surface area contributed by atoms with Crippen LogP contribution in [0.3, 0.4) is 0 Å². The number of pyridine rings is 1. The van der Waals surface area contributed by atoms with Gasteiger partial charge in [-0.3, -0.25) is 0 Å². The van der Waals surface area contributed by atoms with Gasteiger partial charge in [-0.1, -0.05) is 34.8 Å². The fourth-order valence-corrected chi connectivity index (χ4v) is 2.13. The maximum atomic E-state index is 6.06. The number of nitrogens with one attached hydrogen (secondary N) is 1. The van der Waals surface area contributed by atoms with E-state index in [2.05, 4.69) is 10.3 Å². The van der Waals surface area contributed by atoms with E-state index in [9.17, 15) is 0 Å². The Morgan fingerprint density at radius 1 is 0.950 bits per heavy atom. The van der Waals surface area contributed by atoms with Crippen molar-refractivity contribution >= 4 is 46.3 Å². The molecule has 2 aromatic rings. The highest BCUT2D eigenvalue weighted by Gasteiger charge is 2.10. The van der Waals surface area contributed by atoms with Gasteiger partial charge in [0.2, 0.25) is 0 Å². The minimum atomic E-state index is 0.180. The van der Waals surface area contributed by atoms with Gasteiger partial charge in [-0.25, -0.2) is 4.98 Å². The topological polar surface area (TPSA) is 43.4 Å². The van der Waals surface area contributed by atoms with E-state index in [1.807, 2.05) is 6.07 Å². The average molecular weight is 334 g/mol. The van der Waals surface area contributed by atoms with E-state index >= 15 is 0 Å². The van der Waals surface area contributed by atoms with Gasteiger partial charge in [0, 0.05) is 11.8 Å². The highest BCUT2D eigenvalue weighted by Crippen LogP contribution is 2.34. The van der Waals surface area contributed by atoms with Crippen molar-refractivity contribution in [1.82, 2.24) is 4.98 Å². The molecule has 106 valence electrons. The van der Waals surface area contributed by atoms with Crippen molar-refractivity contribution < 1.29 is 9.47 Å².